The van der Waals surface area contributed by atoms with Crippen molar-refractivity contribution in [1.82, 2.24) is 30.6 Å². The van der Waals surface area contributed by atoms with Crippen LogP contribution in [0.15, 0.2) is 42.5 Å². The van der Waals surface area contributed by atoms with Gasteiger partial charge in [0.1, 0.15) is 5.82 Å². The predicted octanol–water partition coefficient (Wildman–Crippen LogP) is 2.32. The van der Waals surface area contributed by atoms with Crippen LogP contribution >= 0.6 is 0 Å². The summed E-state index contributed by atoms with van der Waals surface area (Å²) >= 11 is 0. The maximum absolute atomic E-state index is 10.7. The number of aromatic amines is 2. The lowest BCUT2D eigenvalue weighted by atomic mass is 10.2. The molecule has 0 aliphatic heterocycles. The first kappa shape index (κ1) is 13.1. The Morgan fingerprint density at radius 2 is 1.83 bits per heavy atom. The normalized spacial score (nSPS) is 11.0. The Labute approximate surface area is 128 Å². The number of benzene rings is 2. The van der Waals surface area contributed by atoms with Crippen LogP contribution in [0.2, 0.25) is 0 Å². The fraction of sp³-hybridized carbons (Fsp3) is 0. The number of nitro benzene ring substituents is 1. The number of nitrogens with one attached hydrogen (secondary N) is 2. The third-order valence-corrected chi connectivity index (χ3v) is 3.44. The highest BCUT2D eigenvalue weighted by Crippen LogP contribution is 2.25. The number of tetrazole rings is 1. The van der Waals surface area contributed by atoms with Crippen LogP contribution in [0.25, 0.3) is 33.8 Å². The number of hydrogen-bond donors (Lipinski definition) is 2. The molecule has 0 bridgehead atoms. The SMILES string of the molecule is O=[N+]([O-])c1ccc(-c2nc3ccc(-c4nn[nH]n4)cc3[nH]2)cc1. The number of nitrogens with zero attached hydrogens (tertiary/aromatic N) is 5. The molecule has 0 fully saturated rings. The summed E-state index contributed by atoms with van der Waals surface area (Å²) in [5.41, 5.74) is 3.23. The Kier molecular flexibility index (Phi) is 2.83. The van der Waals surface area contributed by atoms with Gasteiger partial charge in [0.15, 0.2) is 0 Å². The van der Waals surface area contributed by atoms with Gasteiger partial charge in [-0.15, -0.1) is 10.2 Å². The molecule has 0 saturated carbocycles. The summed E-state index contributed by atoms with van der Waals surface area (Å²) < 4.78 is 0. The highest BCUT2D eigenvalue weighted by atomic mass is 16.6. The van der Waals surface area contributed by atoms with E-state index in [1.165, 1.54) is 12.1 Å². The van der Waals surface area contributed by atoms with E-state index in [2.05, 4.69) is 30.6 Å². The minimum atomic E-state index is -0.431. The summed E-state index contributed by atoms with van der Waals surface area (Å²) in [4.78, 5) is 18.0. The van der Waals surface area contributed by atoms with Gasteiger partial charge < -0.3 is 4.98 Å². The molecule has 4 aromatic rings. The Hall–Kier alpha value is -3.62. The lowest BCUT2D eigenvalue weighted by molar-refractivity contribution is -0.384. The van der Waals surface area contributed by atoms with Crippen molar-refractivity contribution in [3.63, 3.8) is 0 Å². The third-order valence-electron chi connectivity index (χ3n) is 3.44. The molecule has 0 aliphatic carbocycles. The monoisotopic (exact) mass is 307 g/mol. The average Bonchev–Trinajstić information content (AvgIpc) is 3.23. The smallest absolute Gasteiger partial charge is 0.269 e. The Balaban J connectivity index is 1.75. The summed E-state index contributed by atoms with van der Waals surface area (Å²) in [6.07, 6.45) is 0. The zero-order chi connectivity index (χ0) is 15.8. The summed E-state index contributed by atoms with van der Waals surface area (Å²) in [6.45, 7) is 0. The number of hydrogen-bond acceptors (Lipinski definition) is 6. The zero-order valence-electron chi connectivity index (χ0n) is 11.6. The molecule has 0 amide bonds. The van der Waals surface area contributed by atoms with Crippen LogP contribution in [0.3, 0.4) is 0 Å². The van der Waals surface area contributed by atoms with E-state index >= 15 is 0 Å². The highest BCUT2D eigenvalue weighted by molar-refractivity contribution is 5.83. The number of rotatable bonds is 3. The van der Waals surface area contributed by atoms with Crippen LogP contribution in [0.5, 0.6) is 0 Å². The Morgan fingerprint density at radius 1 is 1.04 bits per heavy atom. The number of fused-ring (bicyclic) bond motifs is 1. The molecule has 4 rings (SSSR count). The van der Waals surface area contributed by atoms with Crippen molar-refractivity contribution in [1.29, 1.82) is 0 Å². The van der Waals surface area contributed by atoms with Gasteiger partial charge in [0.2, 0.25) is 5.82 Å². The molecule has 0 unspecified atom stereocenters. The molecule has 9 nitrogen and oxygen atoms in total. The van der Waals surface area contributed by atoms with Gasteiger partial charge in [-0.1, -0.05) is 0 Å². The maximum atomic E-state index is 10.7. The minimum Gasteiger partial charge on any atom is -0.338 e. The lowest BCUT2D eigenvalue weighted by Crippen LogP contribution is -1.87. The number of aromatic nitrogens is 6. The van der Waals surface area contributed by atoms with Gasteiger partial charge in [-0.2, -0.15) is 5.21 Å². The molecule has 9 heteroatoms. The molecule has 2 N–H and O–H groups in total. The van der Waals surface area contributed by atoms with Gasteiger partial charge in [0.25, 0.3) is 5.69 Å². The summed E-state index contributed by atoms with van der Waals surface area (Å²) in [7, 11) is 0. The minimum absolute atomic E-state index is 0.0456. The fourth-order valence-corrected chi connectivity index (χ4v) is 2.31. The van der Waals surface area contributed by atoms with E-state index in [1.807, 2.05) is 18.2 Å². The van der Waals surface area contributed by atoms with Crippen LogP contribution in [0.4, 0.5) is 5.69 Å². The Bertz CT molecular complexity index is 990. The number of non-ortho nitro benzene ring substituents is 1. The summed E-state index contributed by atoms with van der Waals surface area (Å²) in [5.74, 6) is 1.14. The maximum Gasteiger partial charge on any atom is 0.269 e. The van der Waals surface area contributed by atoms with Crippen LogP contribution in [0.1, 0.15) is 0 Å². The highest BCUT2D eigenvalue weighted by Gasteiger charge is 2.10. The van der Waals surface area contributed by atoms with Gasteiger partial charge in [0.05, 0.1) is 16.0 Å². The molecule has 2 aromatic carbocycles. The van der Waals surface area contributed by atoms with E-state index in [0.717, 1.165) is 22.2 Å². The Morgan fingerprint density at radius 3 is 2.52 bits per heavy atom. The van der Waals surface area contributed by atoms with E-state index in [-0.39, 0.29) is 5.69 Å². The zero-order valence-corrected chi connectivity index (χ0v) is 11.6. The van der Waals surface area contributed by atoms with Crippen LogP contribution in [-0.2, 0) is 0 Å². The molecule has 0 spiro atoms. The van der Waals surface area contributed by atoms with Gasteiger partial charge in [0, 0.05) is 23.3 Å². The third kappa shape index (κ3) is 2.29. The molecule has 23 heavy (non-hydrogen) atoms. The average molecular weight is 307 g/mol. The number of imidazole rings is 1. The second-order valence-electron chi connectivity index (χ2n) is 4.86. The molecule has 0 aliphatic rings. The van der Waals surface area contributed by atoms with Crippen molar-refractivity contribution in [3.05, 3.63) is 52.6 Å². The van der Waals surface area contributed by atoms with E-state index in [4.69, 9.17) is 0 Å². The van der Waals surface area contributed by atoms with Gasteiger partial charge in [-0.05, 0) is 35.5 Å². The van der Waals surface area contributed by atoms with Gasteiger partial charge >= 0.3 is 0 Å². The largest absolute Gasteiger partial charge is 0.338 e. The fourth-order valence-electron chi connectivity index (χ4n) is 2.31. The second-order valence-corrected chi connectivity index (χ2v) is 4.86. The molecule has 112 valence electrons. The first-order valence-corrected chi connectivity index (χ1v) is 6.69. The summed E-state index contributed by atoms with van der Waals surface area (Å²) in [5, 5.41) is 24.5. The first-order chi connectivity index (χ1) is 11.2. The lowest BCUT2D eigenvalue weighted by Gasteiger charge is -1.95. The van der Waals surface area contributed by atoms with E-state index in [0.29, 0.717) is 11.6 Å². The molecule has 2 heterocycles. The van der Waals surface area contributed by atoms with E-state index < -0.39 is 4.92 Å². The number of H-pyrrole nitrogens is 2. The van der Waals surface area contributed by atoms with Gasteiger partial charge in [-0.25, -0.2) is 4.98 Å². The van der Waals surface area contributed by atoms with Crippen molar-refractivity contribution in [3.8, 4) is 22.8 Å². The molecule has 0 radical (unpaired) electrons. The molecular formula is C14H9N7O2. The standard InChI is InChI=1S/C14H9N7O2/c22-21(23)10-4-1-8(2-5-10)13-15-11-6-3-9(7-12(11)16-13)14-17-19-20-18-14/h1-7H,(H,15,16)(H,17,18,19,20). The van der Waals surface area contributed by atoms with E-state index in [9.17, 15) is 10.1 Å². The summed E-state index contributed by atoms with van der Waals surface area (Å²) in [6, 6.07) is 11.8. The predicted molar refractivity (Wildman–Crippen MR) is 81.4 cm³/mol. The van der Waals surface area contributed by atoms with Crippen molar-refractivity contribution in [2.75, 3.05) is 0 Å². The molecular weight excluding hydrogens is 298 g/mol. The van der Waals surface area contributed by atoms with Crippen LogP contribution in [0, 0.1) is 10.1 Å². The van der Waals surface area contributed by atoms with Crippen LogP contribution in [-0.4, -0.2) is 35.5 Å². The van der Waals surface area contributed by atoms with Crippen LogP contribution < -0.4 is 0 Å². The first-order valence-electron chi connectivity index (χ1n) is 6.69. The molecule has 0 atom stereocenters. The topological polar surface area (TPSA) is 126 Å². The van der Waals surface area contributed by atoms with Crippen molar-refractivity contribution < 1.29 is 4.92 Å². The van der Waals surface area contributed by atoms with Crippen molar-refractivity contribution in [2.45, 2.75) is 0 Å². The molecule has 0 saturated heterocycles. The van der Waals surface area contributed by atoms with E-state index in [1.54, 1.807) is 12.1 Å². The second kappa shape index (κ2) is 4.98. The van der Waals surface area contributed by atoms with Crippen molar-refractivity contribution >= 4 is 16.7 Å². The number of nitro groups is 1. The quantitative estimate of drug-likeness (QED) is 0.442. The molecule has 2 aromatic heterocycles. The van der Waals surface area contributed by atoms with Crippen molar-refractivity contribution in [2.24, 2.45) is 0 Å². The van der Waals surface area contributed by atoms with Gasteiger partial charge in [-0.3, -0.25) is 10.1 Å².